The normalized spacial score (nSPS) is 16.0. The zero-order valence-corrected chi connectivity index (χ0v) is 21.6. The molecular weight excluding hydrogens is 519 g/mol. The van der Waals surface area contributed by atoms with E-state index in [1.807, 2.05) is 23.0 Å². The number of nitrogens with one attached hydrogen (secondary N) is 1. The van der Waals surface area contributed by atoms with Crippen LogP contribution in [0.3, 0.4) is 0 Å². The molecule has 0 unspecified atom stereocenters. The molecule has 1 amide bonds. The van der Waals surface area contributed by atoms with Gasteiger partial charge in [-0.3, -0.25) is 9.69 Å². The number of carbonyl (C=O) groups excluding carboxylic acids is 1. The SMILES string of the molecule is O=C(NCCc1cccs1)c1cnn2c1CN(CC1CCCCC1)Cc1cccnc1-2.O=C(O)C(F)(F)F. The molecule has 0 spiro atoms. The van der Waals surface area contributed by atoms with Crippen LogP contribution in [0.15, 0.2) is 42.0 Å². The van der Waals surface area contributed by atoms with Crippen molar-refractivity contribution in [2.45, 2.75) is 57.8 Å². The number of carboxylic acids is 1. The van der Waals surface area contributed by atoms with Crippen molar-refractivity contribution in [2.75, 3.05) is 13.1 Å². The number of halogens is 3. The largest absolute Gasteiger partial charge is 0.490 e. The van der Waals surface area contributed by atoms with Crippen LogP contribution in [0.2, 0.25) is 0 Å². The average molecular weight is 550 g/mol. The van der Waals surface area contributed by atoms with Crippen LogP contribution in [0.25, 0.3) is 5.82 Å². The summed E-state index contributed by atoms with van der Waals surface area (Å²) in [5.41, 5.74) is 2.78. The maximum Gasteiger partial charge on any atom is 0.490 e. The Hall–Kier alpha value is -3.25. The van der Waals surface area contributed by atoms with Crippen molar-refractivity contribution in [1.82, 2.24) is 25.0 Å². The minimum atomic E-state index is -5.08. The number of thiophene rings is 1. The Morgan fingerprint density at radius 2 is 1.89 bits per heavy atom. The Kier molecular flexibility index (Phi) is 9.16. The van der Waals surface area contributed by atoms with Crippen LogP contribution < -0.4 is 5.32 Å². The summed E-state index contributed by atoms with van der Waals surface area (Å²) in [4.78, 5) is 30.3. The van der Waals surface area contributed by atoms with Crippen LogP contribution in [0, 0.1) is 5.92 Å². The molecule has 1 aliphatic carbocycles. The maximum atomic E-state index is 13.0. The molecule has 0 bridgehead atoms. The van der Waals surface area contributed by atoms with Gasteiger partial charge in [-0.2, -0.15) is 18.3 Å². The van der Waals surface area contributed by atoms with E-state index >= 15 is 0 Å². The van der Waals surface area contributed by atoms with Gasteiger partial charge in [-0.05, 0) is 42.7 Å². The zero-order valence-electron chi connectivity index (χ0n) is 20.8. The van der Waals surface area contributed by atoms with Crippen LogP contribution in [0.1, 0.15) is 58.6 Å². The van der Waals surface area contributed by atoms with Gasteiger partial charge in [0.1, 0.15) is 0 Å². The van der Waals surface area contributed by atoms with Crippen molar-refractivity contribution < 1.29 is 27.9 Å². The fraction of sp³-hybridized carbons (Fsp3) is 0.462. The molecule has 0 aromatic carbocycles. The quantitative estimate of drug-likeness (QED) is 0.457. The highest BCUT2D eigenvalue weighted by molar-refractivity contribution is 7.09. The molecule has 3 aromatic heterocycles. The number of alkyl halides is 3. The first-order chi connectivity index (χ1) is 18.2. The lowest BCUT2D eigenvalue weighted by atomic mass is 9.89. The predicted octanol–water partition coefficient (Wildman–Crippen LogP) is 4.83. The van der Waals surface area contributed by atoms with Crippen molar-refractivity contribution in [3.05, 3.63) is 63.7 Å². The molecule has 2 aliphatic rings. The minimum Gasteiger partial charge on any atom is -0.475 e. The number of pyridine rings is 1. The second-order valence-electron chi connectivity index (χ2n) is 9.46. The number of carbonyl (C=O) groups is 2. The molecule has 0 atom stereocenters. The fourth-order valence-corrected chi connectivity index (χ4v) is 5.57. The fourth-order valence-electron chi connectivity index (χ4n) is 4.86. The molecule has 0 radical (unpaired) electrons. The lowest BCUT2D eigenvalue weighted by Crippen LogP contribution is -2.31. The van der Waals surface area contributed by atoms with E-state index < -0.39 is 12.1 Å². The molecule has 204 valence electrons. The summed E-state index contributed by atoms with van der Waals surface area (Å²) in [6.07, 6.45) is 5.95. The number of carboxylic acid groups (broad SMARTS) is 1. The maximum absolute atomic E-state index is 13.0. The lowest BCUT2D eigenvalue weighted by molar-refractivity contribution is -0.192. The first-order valence-electron chi connectivity index (χ1n) is 12.6. The Morgan fingerprint density at radius 1 is 1.13 bits per heavy atom. The van der Waals surface area contributed by atoms with Crippen molar-refractivity contribution >= 4 is 23.2 Å². The molecule has 8 nitrogen and oxygen atoms in total. The van der Waals surface area contributed by atoms with Crippen LogP contribution >= 0.6 is 11.3 Å². The lowest BCUT2D eigenvalue weighted by Gasteiger charge is -2.28. The second-order valence-corrected chi connectivity index (χ2v) is 10.5. The van der Waals surface area contributed by atoms with E-state index in [9.17, 15) is 18.0 Å². The number of aliphatic carboxylic acids is 1. The van der Waals surface area contributed by atoms with E-state index in [2.05, 4.69) is 37.8 Å². The smallest absolute Gasteiger partial charge is 0.475 e. The zero-order chi connectivity index (χ0) is 27.1. The number of aromatic nitrogens is 3. The first kappa shape index (κ1) is 27.8. The van der Waals surface area contributed by atoms with Gasteiger partial charge < -0.3 is 10.4 Å². The highest BCUT2D eigenvalue weighted by atomic mass is 32.1. The molecule has 4 heterocycles. The van der Waals surface area contributed by atoms with Crippen LogP contribution in [-0.2, 0) is 24.3 Å². The third-order valence-corrected chi connectivity index (χ3v) is 7.61. The summed E-state index contributed by atoms with van der Waals surface area (Å²) in [7, 11) is 0. The molecule has 1 saturated carbocycles. The molecule has 1 aliphatic heterocycles. The third-order valence-electron chi connectivity index (χ3n) is 6.67. The highest BCUT2D eigenvalue weighted by Crippen LogP contribution is 2.29. The number of hydrogen-bond acceptors (Lipinski definition) is 6. The van der Waals surface area contributed by atoms with Gasteiger partial charge in [-0.15, -0.1) is 11.3 Å². The topological polar surface area (TPSA) is 100 Å². The van der Waals surface area contributed by atoms with Gasteiger partial charge in [0.05, 0.1) is 17.5 Å². The Balaban J connectivity index is 0.000000426. The number of amides is 1. The van der Waals surface area contributed by atoms with E-state index in [-0.39, 0.29) is 5.91 Å². The highest BCUT2D eigenvalue weighted by Gasteiger charge is 2.38. The number of fused-ring (bicyclic) bond motifs is 3. The minimum absolute atomic E-state index is 0.0465. The van der Waals surface area contributed by atoms with Crippen molar-refractivity contribution in [3.8, 4) is 5.82 Å². The van der Waals surface area contributed by atoms with Crippen LogP contribution in [0.4, 0.5) is 13.2 Å². The van der Waals surface area contributed by atoms with Gasteiger partial charge in [0, 0.05) is 42.8 Å². The summed E-state index contributed by atoms with van der Waals surface area (Å²) in [5.74, 6) is -1.21. The van der Waals surface area contributed by atoms with Crippen molar-refractivity contribution in [2.24, 2.45) is 5.92 Å². The summed E-state index contributed by atoms with van der Waals surface area (Å²) in [5, 5.41) is 16.9. The predicted molar refractivity (Wildman–Crippen MR) is 136 cm³/mol. The first-order valence-corrected chi connectivity index (χ1v) is 13.4. The van der Waals surface area contributed by atoms with E-state index in [4.69, 9.17) is 9.90 Å². The monoisotopic (exact) mass is 549 g/mol. The average Bonchev–Trinajstić information content (AvgIpc) is 3.52. The van der Waals surface area contributed by atoms with Crippen molar-refractivity contribution in [3.63, 3.8) is 0 Å². The van der Waals surface area contributed by atoms with Gasteiger partial charge in [0.25, 0.3) is 5.91 Å². The van der Waals surface area contributed by atoms with Gasteiger partial charge in [0.15, 0.2) is 5.82 Å². The van der Waals surface area contributed by atoms with E-state index in [0.717, 1.165) is 43.5 Å². The van der Waals surface area contributed by atoms with Gasteiger partial charge in [0.2, 0.25) is 0 Å². The third kappa shape index (κ3) is 7.19. The Labute approximate surface area is 222 Å². The van der Waals surface area contributed by atoms with Crippen LogP contribution in [0.5, 0.6) is 0 Å². The number of nitrogens with zero attached hydrogens (tertiary/aromatic N) is 4. The molecule has 2 N–H and O–H groups in total. The van der Waals surface area contributed by atoms with Crippen molar-refractivity contribution in [1.29, 1.82) is 0 Å². The summed E-state index contributed by atoms with van der Waals surface area (Å²) in [6, 6.07) is 8.28. The summed E-state index contributed by atoms with van der Waals surface area (Å²) >= 11 is 1.72. The molecule has 0 saturated heterocycles. The summed E-state index contributed by atoms with van der Waals surface area (Å²) < 4.78 is 33.6. The second kappa shape index (κ2) is 12.5. The van der Waals surface area contributed by atoms with E-state index in [1.54, 1.807) is 17.5 Å². The molecule has 3 aromatic rings. The standard InChI is InChI=1S/C24H29N5OS.C2HF3O2/c30-24(26-12-10-20-9-5-13-31-20)21-14-27-29-22(21)17-28(15-18-6-2-1-3-7-18)16-19-8-4-11-25-23(19)29;3-2(4,5)1(6)7/h4-5,8-9,11,13-14,18H,1-3,6-7,10,12,15-17H2,(H,26,30);(H,6,7). The molecule has 38 heavy (non-hydrogen) atoms. The Bertz CT molecular complexity index is 1220. The Morgan fingerprint density at radius 3 is 2.58 bits per heavy atom. The van der Waals surface area contributed by atoms with Gasteiger partial charge >= 0.3 is 12.1 Å². The number of rotatable bonds is 6. The van der Waals surface area contributed by atoms with Crippen LogP contribution in [-0.4, -0.2) is 55.9 Å². The molecule has 1 fully saturated rings. The van der Waals surface area contributed by atoms with Gasteiger partial charge in [-0.25, -0.2) is 14.5 Å². The van der Waals surface area contributed by atoms with E-state index in [0.29, 0.717) is 12.1 Å². The number of hydrogen-bond donors (Lipinski definition) is 2. The molecule has 12 heteroatoms. The van der Waals surface area contributed by atoms with E-state index in [1.165, 1.54) is 42.5 Å². The van der Waals surface area contributed by atoms with Gasteiger partial charge in [-0.1, -0.05) is 31.4 Å². The molecular formula is C26H30F3N5O3S. The summed E-state index contributed by atoms with van der Waals surface area (Å²) in [6.45, 7) is 3.27. The molecule has 5 rings (SSSR count).